The lowest BCUT2D eigenvalue weighted by atomic mass is 10.1. The molecular weight excluding hydrogens is 318 g/mol. The Morgan fingerprint density at radius 1 is 1.20 bits per heavy atom. The summed E-state index contributed by atoms with van der Waals surface area (Å²) in [4.78, 5) is 20.2. The number of amides is 1. The number of hydrogen-bond acceptors (Lipinski definition) is 4. The van der Waals surface area contributed by atoms with Crippen molar-refractivity contribution in [3.63, 3.8) is 0 Å². The third-order valence-corrected chi connectivity index (χ3v) is 4.20. The summed E-state index contributed by atoms with van der Waals surface area (Å²) in [6.07, 6.45) is 0. The molecule has 25 heavy (non-hydrogen) atoms. The average Bonchev–Trinajstić information content (AvgIpc) is 3.24. The minimum atomic E-state index is -0.125. The van der Waals surface area contributed by atoms with E-state index in [2.05, 4.69) is 29.1 Å². The Kier molecular flexibility index (Phi) is 3.80. The number of carbonyl (C=O) groups is 1. The summed E-state index contributed by atoms with van der Waals surface area (Å²) < 4.78 is 10.6. The van der Waals surface area contributed by atoms with Crippen LogP contribution in [0.15, 0.2) is 36.4 Å². The molecule has 2 N–H and O–H groups in total. The molecule has 3 aromatic rings. The lowest BCUT2D eigenvalue weighted by Gasteiger charge is -2.06. The standard InChI is InChI=1S/C19H19N3O3/c1-11(2)18-21-14-5-4-13(8-15(14)22-18)19(23)20-9-12-3-6-16-17(7-12)25-10-24-16/h3-8,11H,9-10H2,1-2H3,(H,20,23)(H,21,22). The van der Waals surface area contributed by atoms with Gasteiger partial charge in [-0.05, 0) is 35.9 Å². The first-order valence-corrected chi connectivity index (χ1v) is 8.26. The van der Waals surface area contributed by atoms with E-state index >= 15 is 0 Å². The highest BCUT2D eigenvalue weighted by atomic mass is 16.7. The van der Waals surface area contributed by atoms with E-state index in [-0.39, 0.29) is 12.7 Å². The van der Waals surface area contributed by atoms with Gasteiger partial charge < -0.3 is 19.8 Å². The van der Waals surface area contributed by atoms with E-state index in [9.17, 15) is 4.79 Å². The van der Waals surface area contributed by atoms with Gasteiger partial charge in [0.15, 0.2) is 11.5 Å². The number of aromatic amines is 1. The smallest absolute Gasteiger partial charge is 0.251 e. The molecule has 0 unspecified atom stereocenters. The Morgan fingerprint density at radius 2 is 2.04 bits per heavy atom. The summed E-state index contributed by atoms with van der Waals surface area (Å²) in [7, 11) is 0. The van der Waals surface area contributed by atoms with E-state index in [0.29, 0.717) is 23.8 Å². The van der Waals surface area contributed by atoms with E-state index in [4.69, 9.17) is 9.47 Å². The Bertz CT molecular complexity index is 946. The lowest BCUT2D eigenvalue weighted by Crippen LogP contribution is -2.22. The maximum absolute atomic E-state index is 12.4. The predicted octanol–water partition coefficient (Wildman–Crippen LogP) is 3.35. The minimum absolute atomic E-state index is 0.125. The van der Waals surface area contributed by atoms with Crippen LogP contribution in [0.25, 0.3) is 11.0 Å². The van der Waals surface area contributed by atoms with Crippen molar-refractivity contribution >= 4 is 16.9 Å². The van der Waals surface area contributed by atoms with Crippen LogP contribution < -0.4 is 14.8 Å². The van der Waals surface area contributed by atoms with Gasteiger partial charge in [-0.3, -0.25) is 4.79 Å². The van der Waals surface area contributed by atoms with E-state index < -0.39 is 0 Å². The van der Waals surface area contributed by atoms with Gasteiger partial charge in [-0.1, -0.05) is 19.9 Å². The Balaban J connectivity index is 1.48. The first kappa shape index (κ1) is 15.5. The number of carbonyl (C=O) groups excluding carboxylic acids is 1. The van der Waals surface area contributed by atoms with Gasteiger partial charge in [-0.25, -0.2) is 4.98 Å². The van der Waals surface area contributed by atoms with E-state index in [1.807, 2.05) is 30.3 Å². The average molecular weight is 337 g/mol. The van der Waals surface area contributed by atoms with Gasteiger partial charge in [0.2, 0.25) is 6.79 Å². The number of ether oxygens (including phenoxy) is 2. The molecule has 0 bridgehead atoms. The van der Waals surface area contributed by atoms with Crippen LogP contribution >= 0.6 is 0 Å². The third kappa shape index (κ3) is 3.03. The first-order valence-electron chi connectivity index (χ1n) is 8.26. The topological polar surface area (TPSA) is 76.2 Å². The van der Waals surface area contributed by atoms with Crippen molar-refractivity contribution in [3.05, 3.63) is 53.3 Å². The summed E-state index contributed by atoms with van der Waals surface area (Å²) >= 11 is 0. The second kappa shape index (κ2) is 6.12. The van der Waals surface area contributed by atoms with Gasteiger partial charge in [0.1, 0.15) is 5.82 Å². The fraction of sp³-hybridized carbons (Fsp3) is 0.263. The van der Waals surface area contributed by atoms with Crippen molar-refractivity contribution in [1.82, 2.24) is 15.3 Å². The van der Waals surface area contributed by atoms with Crippen molar-refractivity contribution < 1.29 is 14.3 Å². The van der Waals surface area contributed by atoms with E-state index in [0.717, 1.165) is 28.2 Å². The summed E-state index contributed by atoms with van der Waals surface area (Å²) in [5, 5.41) is 2.93. The van der Waals surface area contributed by atoms with Crippen molar-refractivity contribution in [3.8, 4) is 11.5 Å². The fourth-order valence-corrected chi connectivity index (χ4v) is 2.78. The fourth-order valence-electron chi connectivity index (χ4n) is 2.78. The zero-order valence-electron chi connectivity index (χ0n) is 14.1. The van der Waals surface area contributed by atoms with Crippen LogP contribution in [0.2, 0.25) is 0 Å². The van der Waals surface area contributed by atoms with Gasteiger partial charge in [0.25, 0.3) is 5.91 Å². The molecule has 0 radical (unpaired) electrons. The predicted molar refractivity (Wildman–Crippen MR) is 93.9 cm³/mol. The van der Waals surface area contributed by atoms with Gasteiger partial charge in [-0.15, -0.1) is 0 Å². The molecule has 1 aromatic heterocycles. The molecule has 4 rings (SSSR count). The number of hydrogen-bond donors (Lipinski definition) is 2. The summed E-state index contributed by atoms with van der Waals surface area (Å²) in [6, 6.07) is 11.2. The molecule has 0 atom stereocenters. The molecule has 0 fully saturated rings. The molecule has 0 aliphatic carbocycles. The monoisotopic (exact) mass is 337 g/mol. The van der Waals surface area contributed by atoms with Gasteiger partial charge in [0.05, 0.1) is 11.0 Å². The summed E-state index contributed by atoms with van der Waals surface area (Å²) in [5.41, 5.74) is 3.31. The van der Waals surface area contributed by atoms with Crippen molar-refractivity contribution in [2.75, 3.05) is 6.79 Å². The zero-order chi connectivity index (χ0) is 17.4. The molecule has 1 aliphatic heterocycles. The van der Waals surface area contributed by atoms with Crippen LogP contribution in [-0.2, 0) is 6.54 Å². The Morgan fingerprint density at radius 3 is 2.88 bits per heavy atom. The number of nitrogens with one attached hydrogen (secondary N) is 2. The maximum atomic E-state index is 12.4. The maximum Gasteiger partial charge on any atom is 0.251 e. The Labute approximate surface area is 145 Å². The summed E-state index contributed by atoms with van der Waals surface area (Å²) in [5.74, 6) is 2.57. The molecule has 0 saturated heterocycles. The van der Waals surface area contributed by atoms with Crippen molar-refractivity contribution in [2.45, 2.75) is 26.3 Å². The number of fused-ring (bicyclic) bond motifs is 2. The number of rotatable bonds is 4. The highest BCUT2D eigenvalue weighted by molar-refractivity contribution is 5.97. The van der Waals surface area contributed by atoms with Crippen LogP contribution in [0.4, 0.5) is 0 Å². The molecular formula is C19H19N3O3. The van der Waals surface area contributed by atoms with E-state index in [1.165, 1.54) is 0 Å². The highest BCUT2D eigenvalue weighted by Gasteiger charge is 2.14. The second-order valence-corrected chi connectivity index (χ2v) is 6.38. The number of nitrogens with zero attached hydrogens (tertiary/aromatic N) is 1. The zero-order valence-corrected chi connectivity index (χ0v) is 14.1. The molecule has 2 aromatic carbocycles. The second-order valence-electron chi connectivity index (χ2n) is 6.38. The number of H-pyrrole nitrogens is 1. The largest absolute Gasteiger partial charge is 0.454 e. The van der Waals surface area contributed by atoms with Gasteiger partial charge >= 0.3 is 0 Å². The molecule has 1 amide bonds. The van der Waals surface area contributed by atoms with Crippen LogP contribution in [-0.4, -0.2) is 22.7 Å². The number of imidazole rings is 1. The third-order valence-electron chi connectivity index (χ3n) is 4.20. The summed E-state index contributed by atoms with van der Waals surface area (Å²) in [6.45, 7) is 4.83. The first-order chi connectivity index (χ1) is 12.1. The van der Waals surface area contributed by atoms with Crippen LogP contribution in [0.3, 0.4) is 0 Å². The minimum Gasteiger partial charge on any atom is -0.454 e. The normalized spacial score (nSPS) is 12.8. The molecule has 128 valence electrons. The Hall–Kier alpha value is -3.02. The van der Waals surface area contributed by atoms with Crippen molar-refractivity contribution in [2.24, 2.45) is 0 Å². The van der Waals surface area contributed by atoms with Crippen LogP contribution in [0.1, 0.15) is 41.5 Å². The molecule has 1 aliphatic rings. The van der Waals surface area contributed by atoms with E-state index in [1.54, 1.807) is 6.07 Å². The molecule has 6 nitrogen and oxygen atoms in total. The quantitative estimate of drug-likeness (QED) is 0.765. The lowest BCUT2D eigenvalue weighted by molar-refractivity contribution is 0.0951. The molecule has 0 saturated carbocycles. The molecule has 6 heteroatoms. The number of aromatic nitrogens is 2. The van der Waals surface area contributed by atoms with Crippen LogP contribution in [0.5, 0.6) is 11.5 Å². The molecule has 0 spiro atoms. The molecule has 2 heterocycles. The SMILES string of the molecule is CC(C)c1nc2ccc(C(=O)NCc3ccc4c(c3)OCO4)cc2[nH]1. The van der Waals surface area contributed by atoms with Gasteiger partial charge in [-0.2, -0.15) is 0 Å². The van der Waals surface area contributed by atoms with Crippen molar-refractivity contribution in [1.29, 1.82) is 0 Å². The number of benzene rings is 2. The van der Waals surface area contributed by atoms with Crippen LogP contribution in [0, 0.1) is 0 Å². The highest BCUT2D eigenvalue weighted by Crippen LogP contribution is 2.32. The van der Waals surface area contributed by atoms with Gasteiger partial charge in [0, 0.05) is 18.0 Å².